The highest BCUT2D eigenvalue weighted by molar-refractivity contribution is 7.99. The van der Waals surface area contributed by atoms with Crippen molar-refractivity contribution < 1.29 is 15.0 Å². The predicted octanol–water partition coefficient (Wildman–Crippen LogP) is 0.843. The monoisotopic (exact) mass is 243 g/mol. The number of nitrogens with zero attached hydrogens (tertiary/aromatic N) is 3. The Bertz CT molecular complexity index is 401. The molecular weight excluding hydrogens is 230 g/mol. The lowest BCUT2D eigenvalue weighted by atomic mass is 10.4. The maximum Gasteiger partial charge on any atom is 0.313 e. The fourth-order valence-electron chi connectivity index (χ4n) is 1.47. The number of aliphatic hydroxyl groups excluding tert-OH is 1. The molecule has 1 atom stereocenters. The summed E-state index contributed by atoms with van der Waals surface area (Å²) in [6.45, 7) is 1.63. The molecule has 0 aliphatic heterocycles. The normalized spacial score (nSPS) is 17.4. The summed E-state index contributed by atoms with van der Waals surface area (Å²) in [6.07, 6.45) is 1.41. The molecule has 1 heterocycles. The molecule has 0 spiro atoms. The molecule has 1 aromatic heterocycles. The Kier molecular flexibility index (Phi) is 3.15. The van der Waals surface area contributed by atoms with Gasteiger partial charge in [-0.25, -0.2) is 0 Å². The summed E-state index contributed by atoms with van der Waals surface area (Å²) in [6, 6.07) is 0.330. The Morgan fingerprint density at radius 2 is 2.31 bits per heavy atom. The first-order chi connectivity index (χ1) is 7.59. The lowest BCUT2D eigenvalue weighted by molar-refractivity contribution is -0.133. The van der Waals surface area contributed by atoms with Gasteiger partial charge in [-0.15, -0.1) is 10.2 Å². The molecule has 1 saturated carbocycles. The summed E-state index contributed by atoms with van der Waals surface area (Å²) in [5.41, 5.74) is 0. The highest BCUT2D eigenvalue weighted by Gasteiger charge is 2.31. The molecule has 1 aliphatic rings. The van der Waals surface area contributed by atoms with Gasteiger partial charge in [0.1, 0.15) is 6.10 Å². The van der Waals surface area contributed by atoms with Crippen LogP contribution in [0.1, 0.15) is 37.7 Å². The molecule has 0 aromatic carbocycles. The third-order valence-electron chi connectivity index (χ3n) is 2.30. The van der Waals surface area contributed by atoms with E-state index in [2.05, 4.69) is 10.2 Å². The Labute approximate surface area is 96.7 Å². The van der Waals surface area contributed by atoms with E-state index >= 15 is 0 Å². The average molecular weight is 243 g/mol. The van der Waals surface area contributed by atoms with Gasteiger partial charge in [-0.1, -0.05) is 11.8 Å². The van der Waals surface area contributed by atoms with Crippen molar-refractivity contribution in [2.75, 3.05) is 5.75 Å². The second-order valence-electron chi connectivity index (χ2n) is 3.80. The minimum Gasteiger partial charge on any atom is -0.481 e. The van der Waals surface area contributed by atoms with Gasteiger partial charge in [-0.05, 0) is 19.8 Å². The van der Waals surface area contributed by atoms with Gasteiger partial charge in [0.15, 0.2) is 11.0 Å². The largest absolute Gasteiger partial charge is 0.481 e. The van der Waals surface area contributed by atoms with Crippen LogP contribution in [0.3, 0.4) is 0 Å². The zero-order valence-corrected chi connectivity index (χ0v) is 9.65. The van der Waals surface area contributed by atoms with Crippen molar-refractivity contribution in [2.24, 2.45) is 0 Å². The van der Waals surface area contributed by atoms with Gasteiger partial charge in [-0.3, -0.25) is 4.79 Å². The van der Waals surface area contributed by atoms with E-state index in [1.807, 2.05) is 4.57 Å². The van der Waals surface area contributed by atoms with Crippen LogP contribution in [0.2, 0.25) is 0 Å². The number of aliphatic hydroxyl groups is 1. The molecule has 0 bridgehead atoms. The fourth-order valence-corrected chi connectivity index (χ4v) is 2.21. The van der Waals surface area contributed by atoms with Crippen LogP contribution in [-0.4, -0.2) is 36.7 Å². The summed E-state index contributed by atoms with van der Waals surface area (Å²) in [4.78, 5) is 10.5. The van der Waals surface area contributed by atoms with Crippen LogP contribution in [0.15, 0.2) is 5.16 Å². The summed E-state index contributed by atoms with van der Waals surface area (Å²) in [5, 5.41) is 26.5. The Balaban J connectivity index is 2.20. The number of hydrogen-bond donors (Lipinski definition) is 2. The van der Waals surface area contributed by atoms with Crippen LogP contribution in [0.4, 0.5) is 0 Å². The van der Waals surface area contributed by atoms with Crippen LogP contribution in [0.25, 0.3) is 0 Å². The molecule has 1 unspecified atom stereocenters. The Morgan fingerprint density at radius 3 is 2.81 bits per heavy atom. The highest BCUT2D eigenvalue weighted by Crippen LogP contribution is 2.39. The Hall–Kier alpha value is -1.08. The van der Waals surface area contributed by atoms with Crippen LogP contribution in [-0.2, 0) is 4.79 Å². The molecule has 1 aliphatic carbocycles. The minimum atomic E-state index is -0.881. The number of carbonyl (C=O) groups is 1. The number of aromatic nitrogens is 3. The van der Waals surface area contributed by atoms with Gasteiger partial charge in [0.2, 0.25) is 0 Å². The van der Waals surface area contributed by atoms with Crippen molar-refractivity contribution >= 4 is 17.7 Å². The number of carboxylic acids is 1. The van der Waals surface area contributed by atoms with E-state index in [0.29, 0.717) is 17.0 Å². The van der Waals surface area contributed by atoms with Crippen LogP contribution in [0.5, 0.6) is 0 Å². The van der Waals surface area contributed by atoms with Gasteiger partial charge in [0.05, 0.1) is 5.75 Å². The maximum absolute atomic E-state index is 10.5. The fraction of sp³-hybridized carbons (Fsp3) is 0.667. The third-order valence-corrected chi connectivity index (χ3v) is 3.23. The van der Waals surface area contributed by atoms with Crippen LogP contribution >= 0.6 is 11.8 Å². The lowest BCUT2D eigenvalue weighted by Crippen LogP contribution is -2.07. The van der Waals surface area contributed by atoms with E-state index in [0.717, 1.165) is 24.6 Å². The van der Waals surface area contributed by atoms with Crippen molar-refractivity contribution in [3.8, 4) is 0 Å². The topological polar surface area (TPSA) is 88.2 Å². The number of aliphatic carboxylic acids is 1. The first-order valence-electron chi connectivity index (χ1n) is 5.07. The van der Waals surface area contributed by atoms with E-state index in [1.54, 1.807) is 6.92 Å². The van der Waals surface area contributed by atoms with Crippen molar-refractivity contribution in [1.82, 2.24) is 14.8 Å². The van der Waals surface area contributed by atoms with Crippen molar-refractivity contribution in [3.05, 3.63) is 5.82 Å². The molecule has 0 saturated heterocycles. The van der Waals surface area contributed by atoms with E-state index < -0.39 is 12.1 Å². The molecular formula is C9H13N3O3S. The molecule has 2 rings (SSSR count). The van der Waals surface area contributed by atoms with Gasteiger partial charge in [-0.2, -0.15) is 0 Å². The van der Waals surface area contributed by atoms with E-state index in [1.165, 1.54) is 0 Å². The number of rotatable bonds is 5. The van der Waals surface area contributed by atoms with E-state index in [9.17, 15) is 9.90 Å². The lowest BCUT2D eigenvalue weighted by Gasteiger charge is -2.09. The summed E-state index contributed by atoms with van der Waals surface area (Å²) >= 11 is 1.14. The van der Waals surface area contributed by atoms with Gasteiger partial charge >= 0.3 is 5.97 Å². The number of thioether (sulfide) groups is 1. The van der Waals surface area contributed by atoms with Gasteiger partial charge in [0.25, 0.3) is 0 Å². The SMILES string of the molecule is CC(O)c1nnc(SCC(=O)O)n1C1CC1. The second kappa shape index (κ2) is 4.42. The molecule has 16 heavy (non-hydrogen) atoms. The van der Waals surface area contributed by atoms with Crippen LogP contribution in [0, 0.1) is 0 Å². The zero-order chi connectivity index (χ0) is 11.7. The summed E-state index contributed by atoms with van der Waals surface area (Å²) < 4.78 is 1.86. The highest BCUT2D eigenvalue weighted by atomic mass is 32.2. The van der Waals surface area contributed by atoms with Crippen molar-refractivity contribution in [3.63, 3.8) is 0 Å². The molecule has 0 amide bonds. The smallest absolute Gasteiger partial charge is 0.313 e. The number of carboxylic acid groups (broad SMARTS) is 1. The van der Waals surface area contributed by atoms with Gasteiger partial charge in [0, 0.05) is 6.04 Å². The first kappa shape index (κ1) is 11.4. The molecule has 88 valence electrons. The molecule has 6 nitrogen and oxygen atoms in total. The molecule has 1 fully saturated rings. The van der Waals surface area contributed by atoms with E-state index in [-0.39, 0.29) is 5.75 Å². The average Bonchev–Trinajstić information content (AvgIpc) is 2.95. The molecule has 1 aromatic rings. The first-order valence-corrected chi connectivity index (χ1v) is 6.05. The number of hydrogen-bond acceptors (Lipinski definition) is 5. The molecule has 0 radical (unpaired) electrons. The second-order valence-corrected chi connectivity index (χ2v) is 4.74. The van der Waals surface area contributed by atoms with Gasteiger partial charge < -0.3 is 14.8 Å². The Morgan fingerprint density at radius 1 is 1.62 bits per heavy atom. The summed E-state index contributed by atoms with van der Waals surface area (Å²) in [7, 11) is 0. The quantitative estimate of drug-likeness (QED) is 0.745. The minimum absolute atomic E-state index is 0.0370. The molecule has 2 N–H and O–H groups in total. The van der Waals surface area contributed by atoms with Crippen molar-refractivity contribution in [2.45, 2.75) is 37.1 Å². The zero-order valence-electron chi connectivity index (χ0n) is 8.83. The molecule has 7 heteroatoms. The third kappa shape index (κ3) is 2.35. The van der Waals surface area contributed by atoms with Crippen molar-refractivity contribution in [1.29, 1.82) is 0 Å². The van der Waals surface area contributed by atoms with Crippen LogP contribution < -0.4 is 0 Å². The standard InChI is InChI=1S/C9H13N3O3S/c1-5(13)8-10-11-9(16-4-7(14)15)12(8)6-2-3-6/h5-6,13H,2-4H2,1H3,(H,14,15). The maximum atomic E-state index is 10.5. The van der Waals surface area contributed by atoms with E-state index in [4.69, 9.17) is 5.11 Å². The summed E-state index contributed by atoms with van der Waals surface area (Å²) in [5.74, 6) is -0.394. The predicted molar refractivity (Wildman–Crippen MR) is 57.3 cm³/mol.